The summed E-state index contributed by atoms with van der Waals surface area (Å²) in [6.07, 6.45) is 5.01. The van der Waals surface area contributed by atoms with Gasteiger partial charge in [0.1, 0.15) is 0 Å². The van der Waals surface area contributed by atoms with Gasteiger partial charge in [-0.1, -0.05) is 31.2 Å². The lowest BCUT2D eigenvalue weighted by Gasteiger charge is -2.13. The summed E-state index contributed by atoms with van der Waals surface area (Å²) < 4.78 is 4.61. The van der Waals surface area contributed by atoms with Crippen LogP contribution in [0.2, 0.25) is 0 Å². The summed E-state index contributed by atoms with van der Waals surface area (Å²) in [5.41, 5.74) is 3.18. The first-order chi connectivity index (χ1) is 12.0. The first-order valence-electron chi connectivity index (χ1n) is 8.54. The van der Waals surface area contributed by atoms with Gasteiger partial charge in [-0.15, -0.1) is 0 Å². The predicted octanol–water partition coefficient (Wildman–Crippen LogP) is 3.64. The Morgan fingerprint density at radius 3 is 2.28 bits per heavy atom. The zero-order valence-electron chi connectivity index (χ0n) is 15.2. The molecule has 1 heterocycles. The van der Waals surface area contributed by atoms with Crippen LogP contribution in [0.1, 0.15) is 32.8 Å². The largest absolute Gasteiger partial charge is 0.453 e. The topological polar surface area (TPSA) is 76.1 Å². The van der Waals surface area contributed by atoms with Crippen molar-refractivity contribution in [1.29, 1.82) is 0 Å². The van der Waals surface area contributed by atoms with E-state index in [0.29, 0.717) is 12.0 Å². The van der Waals surface area contributed by atoms with Crippen LogP contribution >= 0.6 is 0 Å². The van der Waals surface area contributed by atoms with Crippen LogP contribution in [0.3, 0.4) is 0 Å². The Morgan fingerprint density at radius 1 is 1.08 bits per heavy atom. The molecule has 0 saturated heterocycles. The van der Waals surface area contributed by atoms with Gasteiger partial charge >= 0.3 is 6.09 Å². The quantitative estimate of drug-likeness (QED) is 0.803. The van der Waals surface area contributed by atoms with Gasteiger partial charge in [0, 0.05) is 30.0 Å². The van der Waals surface area contributed by atoms with Gasteiger partial charge in [-0.2, -0.15) is 0 Å². The second-order valence-corrected chi connectivity index (χ2v) is 6.19. The number of nitrogens with one attached hydrogen (secondary N) is 2. The van der Waals surface area contributed by atoms with E-state index in [2.05, 4.69) is 51.3 Å². The van der Waals surface area contributed by atoms with Gasteiger partial charge in [0.15, 0.2) is 0 Å². The van der Waals surface area contributed by atoms with Crippen LogP contribution in [0.25, 0.3) is 11.1 Å². The molecule has 2 atom stereocenters. The zero-order valence-corrected chi connectivity index (χ0v) is 15.2. The van der Waals surface area contributed by atoms with E-state index in [0.717, 1.165) is 29.5 Å². The minimum Gasteiger partial charge on any atom is -0.453 e. The first kappa shape index (κ1) is 18.7. The molecule has 0 aliphatic heterocycles. The Kier molecular flexibility index (Phi) is 6.74. The molecule has 0 bridgehead atoms. The van der Waals surface area contributed by atoms with Crippen LogP contribution in [-0.4, -0.2) is 35.3 Å². The van der Waals surface area contributed by atoms with Crippen molar-refractivity contribution in [3.8, 4) is 11.1 Å². The fourth-order valence-corrected chi connectivity index (χ4v) is 2.37. The normalized spacial score (nSPS) is 13.0. The number of ether oxygens (including phenoxy) is 1. The summed E-state index contributed by atoms with van der Waals surface area (Å²) in [4.78, 5) is 20.0. The molecule has 0 aliphatic rings. The molecule has 25 heavy (non-hydrogen) atoms. The standard InChI is InChI=1S/C19H26N4O2/c1-5-13(2)22-18-20-11-17(12-21-18)16-8-6-15(7-9-16)10-14(3)23-19(24)25-4/h6-9,11-14H,5,10H2,1-4H3,(H,23,24)(H,20,21,22). The minimum absolute atomic E-state index is 0.00699. The molecule has 2 rings (SSSR count). The Hall–Kier alpha value is -2.63. The molecule has 0 radical (unpaired) electrons. The lowest BCUT2D eigenvalue weighted by molar-refractivity contribution is 0.167. The van der Waals surface area contributed by atoms with Crippen LogP contribution in [0.5, 0.6) is 0 Å². The molecular weight excluding hydrogens is 316 g/mol. The Labute approximate surface area is 149 Å². The number of aromatic nitrogens is 2. The third-order valence-corrected chi connectivity index (χ3v) is 4.02. The molecular formula is C19H26N4O2. The summed E-state index contributed by atoms with van der Waals surface area (Å²) >= 11 is 0. The van der Waals surface area contributed by atoms with Crippen molar-refractivity contribution in [1.82, 2.24) is 15.3 Å². The number of benzene rings is 1. The molecule has 0 aliphatic carbocycles. The molecule has 1 aromatic heterocycles. The summed E-state index contributed by atoms with van der Waals surface area (Å²) in [6, 6.07) is 8.55. The van der Waals surface area contributed by atoms with E-state index >= 15 is 0 Å². The van der Waals surface area contributed by atoms with E-state index in [4.69, 9.17) is 0 Å². The number of nitrogens with zero attached hydrogens (tertiary/aromatic N) is 2. The van der Waals surface area contributed by atoms with Gasteiger partial charge in [0.2, 0.25) is 5.95 Å². The maximum Gasteiger partial charge on any atom is 0.407 e. The van der Waals surface area contributed by atoms with E-state index in [9.17, 15) is 4.79 Å². The molecule has 1 aromatic carbocycles. The van der Waals surface area contributed by atoms with Crippen molar-refractivity contribution < 1.29 is 9.53 Å². The van der Waals surface area contributed by atoms with Crippen molar-refractivity contribution in [3.05, 3.63) is 42.2 Å². The number of methoxy groups -OCH3 is 1. The molecule has 2 unspecified atom stereocenters. The highest BCUT2D eigenvalue weighted by Crippen LogP contribution is 2.19. The number of hydrogen-bond acceptors (Lipinski definition) is 5. The summed E-state index contributed by atoms with van der Waals surface area (Å²) in [5, 5.41) is 6.02. The fourth-order valence-electron chi connectivity index (χ4n) is 2.37. The van der Waals surface area contributed by atoms with E-state index in [1.807, 2.05) is 31.5 Å². The highest BCUT2D eigenvalue weighted by molar-refractivity contribution is 5.67. The molecule has 134 valence electrons. The van der Waals surface area contributed by atoms with Gasteiger partial charge in [-0.3, -0.25) is 0 Å². The van der Waals surface area contributed by atoms with Crippen LogP contribution in [0, 0.1) is 0 Å². The molecule has 6 heteroatoms. The molecule has 1 amide bonds. The van der Waals surface area contributed by atoms with Crippen molar-refractivity contribution in [2.24, 2.45) is 0 Å². The van der Waals surface area contributed by atoms with Crippen molar-refractivity contribution in [2.75, 3.05) is 12.4 Å². The Morgan fingerprint density at radius 2 is 1.72 bits per heavy atom. The number of rotatable bonds is 7. The minimum atomic E-state index is -0.410. The number of hydrogen-bond donors (Lipinski definition) is 2. The second kappa shape index (κ2) is 9.01. The lowest BCUT2D eigenvalue weighted by atomic mass is 10.0. The van der Waals surface area contributed by atoms with Crippen molar-refractivity contribution in [3.63, 3.8) is 0 Å². The van der Waals surface area contributed by atoms with E-state index in [-0.39, 0.29) is 6.04 Å². The highest BCUT2D eigenvalue weighted by atomic mass is 16.5. The highest BCUT2D eigenvalue weighted by Gasteiger charge is 2.08. The number of amides is 1. The number of carbonyl (C=O) groups is 1. The second-order valence-electron chi connectivity index (χ2n) is 6.19. The maximum absolute atomic E-state index is 11.2. The van der Waals surface area contributed by atoms with Gasteiger partial charge in [-0.05, 0) is 37.8 Å². The van der Waals surface area contributed by atoms with Gasteiger partial charge in [0.25, 0.3) is 0 Å². The van der Waals surface area contributed by atoms with Gasteiger partial charge in [0.05, 0.1) is 7.11 Å². The van der Waals surface area contributed by atoms with Crippen molar-refractivity contribution >= 4 is 12.0 Å². The average molecular weight is 342 g/mol. The monoisotopic (exact) mass is 342 g/mol. The molecule has 6 nitrogen and oxygen atoms in total. The smallest absolute Gasteiger partial charge is 0.407 e. The van der Waals surface area contributed by atoms with E-state index in [1.54, 1.807) is 0 Å². The van der Waals surface area contributed by atoms with Gasteiger partial charge in [-0.25, -0.2) is 14.8 Å². The van der Waals surface area contributed by atoms with Crippen LogP contribution < -0.4 is 10.6 Å². The van der Waals surface area contributed by atoms with E-state index < -0.39 is 6.09 Å². The summed E-state index contributed by atoms with van der Waals surface area (Å²) in [7, 11) is 1.36. The predicted molar refractivity (Wildman–Crippen MR) is 99.6 cm³/mol. The molecule has 0 saturated carbocycles. The summed E-state index contributed by atoms with van der Waals surface area (Å²) in [5.74, 6) is 0.650. The van der Waals surface area contributed by atoms with Crippen LogP contribution in [-0.2, 0) is 11.2 Å². The molecule has 0 fully saturated rings. The maximum atomic E-state index is 11.2. The first-order valence-corrected chi connectivity index (χ1v) is 8.54. The van der Waals surface area contributed by atoms with E-state index in [1.165, 1.54) is 7.11 Å². The number of anilines is 1. The molecule has 0 spiro atoms. The van der Waals surface area contributed by atoms with Crippen molar-refractivity contribution in [2.45, 2.75) is 45.7 Å². The lowest BCUT2D eigenvalue weighted by Crippen LogP contribution is -2.33. The third kappa shape index (κ3) is 5.74. The SMILES string of the molecule is CCC(C)Nc1ncc(-c2ccc(CC(C)NC(=O)OC)cc2)cn1. The van der Waals surface area contributed by atoms with Crippen LogP contribution in [0.15, 0.2) is 36.7 Å². The average Bonchev–Trinajstić information content (AvgIpc) is 2.62. The summed E-state index contributed by atoms with van der Waals surface area (Å²) in [6.45, 7) is 6.17. The van der Waals surface area contributed by atoms with Crippen LogP contribution in [0.4, 0.5) is 10.7 Å². The fraction of sp³-hybridized carbons (Fsp3) is 0.421. The van der Waals surface area contributed by atoms with Gasteiger partial charge < -0.3 is 15.4 Å². The Bertz CT molecular complexity index is 671. The number of carbonyl (C=O) groups excluding carboxylic acids is 1. The third-order valence-electron chi connectivity index (χ3n) is 4.02. The zero-order chi connectivity index (χ0) is 18.2. The number of alkyl carbamates (subject to hydrolysis) is 1. The Balaban J connectivity index is 1.98. The molecule has 2 N–H and O–H groups in total. The molecule has 2 aromatic rings.